The minimum atomic E-state index is -0.176. The predicted molar refractivity (Wildman–Crippen MR) is 115 cm³/mol. The van der Waals surface area contributed by atoms with Crippen LogP contribution >= 0.6 is 39.5 Å². The monoisotopic (exact) mass is 477 g/mol. The Kier molecular flexibility index (Phi) is 5.34. The molecule has 0 radical (unpaired) electrons. The normalized spacial score (nSPS) is 11.0. The van der Waals surface area contributed by atoms with Crippen LogP contribution in [-0.2, 0) is 0 Å². The van der Waals surface area contributed by atoms with Gasteiger partial charge in [0.25, 0.3) is 5.56 Å². The molecule has 0 atom stereocenters. The number of aromatic nitrogens is 2. The van der Waals surface area contributed by atoms with Crippen LogP contribution < -0.4 is 15.0 Å². The van der Waals surface area contributed by atoms with E-state index in [0.29, 0.717) is 26.8 Å². The summed E-state index contributed by atoms with van der Waals surface area (Å²) in [6.45, 7) is 0. The van der Waals surface area contributed by atoms with Gasteiger partial charge in [-0.25, -0.2) is 0 Å². The number of ether oxygens (including phenoxy) is 1. The summed E-state index contributed by atoms with van der Waals surface area (Å²) in [5, 5.41) is 5.20. The molecular formula is C19H13BrClN3O3S. The molecule has 2 aromatic heterocycles. The SMILES string of the molecule is COc1cc(Br)c(Cl)cc1-n1c(=O)ccc2cc(SNc3ccon3)ccc21. The molecule has 2 heterocycles. The third-order valence-electron chi connectivity index (χ3n) is 4.04. The van der Waals surface area contributed by atoms with Crippen molar-refractivity contribution >= 4 is 56.2 Å². The first-order valence-electron chi connectivity index (χ1n) is 8.09. The maximum absolute atomic E-state index is 12.7. The number of methoxy groups -OCH3 is 1. The van der Waals surface area contributed by atoms with Crippen LogP contribution in [0.15, 0.2) is 73.5 Å². The number of halogens is 2. The molecule has 0 bridgehead atoms. The van der Waals surface area contributed by atoms with E-state index in [-0.39, 0.29) is 5.56 Å². The number of benzene rings is 2. The Morgan fingerprint density at radius 2 is 2.07 bits per heavy atom. The van der Waals surface area contributed by atoms with Gasteiger partial charge in [0.1, 0.15) is 12.0 Å². The lowest BCUT2D eigenvalue weighted by Gasteiger charge is -2.15. The zero-order valence-electron chi connectivity index (χ0n) is 14.5. The van der Waals surface area contributed by atoms with Crippen LogP contribution in [0, 0.1) is 0 Å². The molecule has 0 spiro atoms. The van der Waals surface area contributed by atoms with Crippen molar-refractivity contribution in [2.45, 2.75) is 4.90 Å². The van der Waals surface area contributed by atoms with Crippen LogP contribution in [0.4, 0.5) is 5.82 Å². The number of anilines is 1. The molecule has 1 N–H and O–H groups in total. The highest BCUT2D eigenvalue weighted by molar-refractivity contribution is 9.10. The molecule has 2 aromatic carbocycles. The molecule has 4 aromatic rings. The smallest absolute Gasteiger partial charge is 0.255 e. The quantitative estimate of drug-likeness (QED) is 0.381. The van der Waals surface area contributed by atoms with Crippen LogP contribution in [0.2, 0.25) is 5.02 Å². The second-order valence-corrected chi connectivity index (χ2v) is 7.90. The van der Waals surface area contributed by atoms with E-state index in [1.807, 2.05) is 18.2 Å². The Hall–Kier alpha value is -2.42. The Bertz CT molecular complexity index is 1210. The molecule has 4 rings (SSSR count). The summed E-state index contributed by atoms with van der Waals surface area (Å²) in [5.41, 5.74) is 1.15. The van der Waals surface area contributed by atoms with Crippen molar-refractivity contribution in [3.05, 3.63) is 74.6 Å². The summed E-state index contributed by atoms with van der Waals surface area (Å²) >= 11 is 11.1. The van der Waals surface area contributed by atoms with Gasteiger partial charge < -0.3 is 14.0 Å². The average molecular weight is 479 g/mol. The summed E-state index contributed by atoms with van der Waals surface area (Å²) in [6.07, 6.45) is 1.50. The molecule has 0 amide bonds. The van der Waals surface area contributed by atoms with E-state index in [0.717, 1.165) is 15.8 Å². The van der Waals surface area contributed by atoms with Crippen molar-refractivity contribution in [2.24, 2.45) is 0 Å². The number of hydrogen-bond donors (Lipinski definition) is 1. The lowest BCUT2D eigenvalue weighted by molar-refractivity contribution is 0.412. The van der Waals surface area contributed by atoms with Gasteiger partial charge in [0, 0.05) is 21.5 Å². The van der Waals surface area contributed by atoms with Gasteiger partial charge in [-0.05, 0) is 69.7 Å². The summed E-state index contributed by atoms with van der Waals surface area (Å²) in [6, 6.07) is 14.3. The molecule has 0 aliphatic heterocycles. The Morgan fingerprint density at radius 3 is 2.82 bits per heavy atom. The molecule has 9 heteroatoms. The summed E-state index contributed by atoms with van der Waals surface area (Å²) in [7, 11) is 1.56. The second-order valence-electron chi connectivity index (χ2n) is 5.75. The van der Waals surface area contributed by atoms with Gasteiger partial charge >= 0.3 is 0 Å². The minimum absolute atomic E-state index is 0.176. The number of pyridine rings is 1. The fourth-order valence-corrected chi connectivity index (χ4v) is 3.90. The van der Waals surface area contributed by atoms with Gasteiger partial charge in [-0.3, -0.25) is 9.36 Å². The highest BCUT2D eigenvalue weighted by atomic mass is 79.9. The van der Waals surface area contributed by atoms with Crippen molar-refractivity contribution in [1.29, 1.82) is 0 Å². The first kappa shape index (κ1) is 18.9. The summed E-state index contributed by atoms with van der Waals surface area (Å²) in [4.78, 5) is 13.6. The maximum Gasteiger partial charge on any atom is 0.255 e. The van der Waals surface area contributed by atoms with Crippen LogP contribution in [-0.4, -0.2) is 16.8 Å². The van der Waals surface area contributed by atoms with Crippen molar-refractivity contribution < 1.29 is 9.26 Å². The highest BCUT2D eigenvalue weighted by Gasteiger charge is 2.14. The number of nitrogens with zero attached hydrogens (tertiary/aromatic N) is 2. The molecule has 142 valence electrons. The molecule has 6 nitrogen and oxygen atoms in total. The Balaban J connectivity index is 1.80. The minimum Gasteiger partial charge on any atom is -0.495 e. The standard InChI is InChI=1S/C19H13BrClN3O3S/c1-26-17-9-13(20)14(21)10-16(17)24-15-4-3-12(8-11(15)2-5-19(24)25)28-23-18-6-7-27-22-18/h2-10H,1H3,(H,22,23). The van der Waals surface area contributed by atoms with Crippen LogP contribution in [0.25, 0.3) is 16.6 Å². The number of nitrogens with one attached hydrogen (secondary N) is 1. The van der Waals surface area contributed by atoms with E-state index in [1.165, 1.54) is 24.3 Å². The van der Waals surface area contributed by atoms with E-state index in [4.69, 9.17) is 20.9 Å². The van der Waals surface area contributed by atoms with Crippen LogP contribution in [0.3, 0.4) is 0 Å². The van der Waals surface area contributed by atoms with E-state index in [2.05, 4.69) is 25.8 Å². The van der Waals surface area contributed by atoms with E-state index < -0.39 is 0 Å². The fraction of sp³-hybridized carbons (Fsp3) is 0.0526. The highest BCUT2D eigenvalue weighted by Crippen LogP contribution is 2.34. The molecular weight excluding hydrogens is 466 g/mol. The lowest BCUT2D eigenvalue weighted by atomic mass is 10.2. The topological polar surface area (TPSA) is 69.3 Å². The van der Waals surface area contributed by atoms with Crippen molar-refractivity contribution in [1.82, 2.24) is 9.72 Å². The maximum atomic E-state index is 12.7. The molecule has 0 fully saturated rings. The third kappa shape index (κ3) is 3.63. The zero-order chi connectivity index (χ0) is 19.7. The Morgan fingerprint density at radius 1 is 1.21 bits per heavy atom. The largest absolute Gasteiger partial charge is 0.495 e. The molecule has 28 heavy (non-hydrogen) atoms. The van der Waals surface area contributed by atoms with Crippen molar-refractivity contribution in [3.8, 4) is 11.4 Å². The summed E-state index contributed by atoms with van der Waals surface area (Å²) in [5.74, 6) is 1.17. The van der Waals surface area contributed by atoms with Crippen LogP contribution in [0.5, 0.6) is 5.75 Å². The average Bonchev–Trinajstić information content (AvgIpc) is 3.22. The van der Waals surface area contributed by atoms with Gasteiger partial charge in [0.05, 0.1) is 23.3 Å². The van der Waals surface area contributed by atoms with Gasteiger partial charge in [-0.1, -0.05) is 16.8 Å². The first-order valence-corrected chi connectivity index (χ1v) is 10.1. The summed E-state index contributed by atoms with van der Waals surface area (Å²) < 4.78 is 15.6. The third-order valence-corrected chi connectivity index (χ3v) is 6.04. The van der Waals surface area contributed by atoms with Gasteiger partial charge in [-0.2, -0.15) is 0 Å². The van der Waals surface area contributed by atoms with Gasteiger partial charge in [0.2, 0.25) is 0 Å². The van der Waals surface area contributed by atoms with Crippen molar-refractivity contribution in [2.75, 3.05) is 11.8 Å². The molecule has 0 aliphatic carbocycles. The lowest BCUT2D eigenvalue weighted by Crippen LogP contribution is -2.18. The van der Waals surface area contributed by atoms with Crippen molar-refractivity contribution in [3.63, 3.8) is 0 Å². The molecule has 0 unspecified atom stereocenters. The Labute approximate surface area is 177 Å². The van der Waals surface area contributed by atoms with E-state index in [9.17, 15) is 4.79 Å². The van der Waals surface area contributed by atoms with Crippen LogP contribution in [0.1, 0.15) is 0 Å². The predicted octanol–water partition coefficient (Wildman–Crippen LogP) is 5.52. The second kappa shape index (κ2) is 7.90. The number of hydrogen-bond acceptors (Lipinski definition) is 6. The molecule has 0 saturated carbocycles. The van der Waals surface area contributed by atoms with Gasteiger partial charge in [-0.15, -0.1) is 0 Å². The fourth-order valence-electron chi connectivity index (χ4n) is 2.77. The first-order chi connectivity index (χ1) is 13.6. The van der Waals surface area contributed by atoms with Gasteiger partial charge in [0.15, 0.2) is 5.82 Å². The van der Waals surface area contributed by atoms with E-state index in [1.54, 1.807) is 35.9 Å². The van der Waals surface area contributed by atoms with E-state index >= 15 is 0 Å². The molecule has 0 aliphatic rings. The number of fused-ring (bicyclic) bond motifs is 1. The molecule has 0 saturated heterocycles. The number of rotatable bonds is 5. The zero-order valence-corrected chi connectivity index (χ0v) is 17.6.